The lowest BCUT2D eigenvalue weighted by atomic mass is 10.2. The lowest BCUT2D eigenvalue weighted by molar-refractivity contribution is 0.820. The first-order valence-corrected chi connectivity index (χ1v) is 6.27. The van der Waals surface area contributed by atoms with Gasteiger partial charge in [0.25, 0.3) is 5.56 Å². The lowest BCUT2D eigenvalue weighted by Gasteiger charge is -2.04. The summed E-state index contributed by atoms with van der Waals surface area (Å²) in [5.74, 6) is 0.507. The molecule has 6 heteroatoms. The minimum atomic E-state index is -0.174. The van der Waals surface area contributed by atoms with Crippen molar-refractivity contribution in [2.24, 2.45) is 0 Å². The Labute approximate surface area is 113 Å². The van der Waals surface area contributed by atoms with Gasteiger partial charge in [-0.05, 0) is 5.56 Å². The number of imidazole rings is 2. The number of nitrogens with one attached hydrogen (secondary N) is 1. The van der Waals surface area contributed by atoms with Crippen molar-refractivity contribution >= 4 is 16.9 Å². The highest BCUT2D eigenvalue weighted by molar-refractivity contribution is 5.72. The first-order valence-electron chi connectivity index (χ1n) is 6.27. The van der Waals surface area contributed by atoms with E-state index in [0.717, 1.165) is 5.56 Å². The number of rotatable bonds is 2. The van der Waals surface area contributed by atoms with Crippen LogP contribution in [0.15, 0.2) is 53.8 Å². The molecule has 0 fully saturated rings. The van der Waals surface area contributed by atoms with E-state index in [-0.39, 0.29) is 5.56 Å². The predicted octanol–water partition coefficient (Wildman–Crippen LogP) is 1.42. The Morgan fingerprint density at radius 1 is 1.15 bits per heavy atom. The molecule has 20 heavy (non-hydrogen) atoms. The van der Waals surface area contributed by atoms with Gasteiger partial charge < -0.3 is 4.57 Å². The van der Waals surface area contributed by atoms with Gasteiger partial charge in [0.05, 0.1) is 6.33 Å². The molecule has 3 aromatic heterocycles. The van der Waals surface area contributed by atoms with Gasteiger partial charge in [0.2, 0.25) is 5.78 Å². The fourth-order valence-electron chi connectivity index (χ4n) is 2.41. The molecule has 0 atom stereocenters. The zero-order chi connectivity index (χ0) is 13.5. The van der Waals surface area contributed by atoms with Gasteiger partial charge in [-0.1, -0.05) is 30.3 Å². The molecule has 0 spiro atoms. The fraction of sp³-hybridized carbons (Fsp3) is 0.0714. The molecule has 0 amide bonds. The molecule has 6 nitrogen and oxygen atoms in total. The molecule has 0 radical (unpaired) electrons. The van der Waals surface area contributed by atoms with Crippen molar-refractivity contribution in [3.63, 3.8) is 0 Å². The average Bonchev–Trinajstić information content (AvgIpc) is 3.07. The number of H-pyrrole nitrogens is 1. The number of benzene rings is 1. The standard InChI is InChI=1S/C14H11N5O/c20-13-11-12(19-7-6-15-14(19)17-13)16-9-18(11)8-10-4-2-1-3-5-10/h1-7,9H,8H2,(H,15,17,20). The SMILES string of the molecule is O=c1[nH]c2nccn2c2ncn(Cc3ccccc3)c12. The Balaban J connectivity index is 1.95. The Bertz CT molecular complexity index is 948. The van der Waals surface area contributed by atoms with Gasteiger partial charge in [0.15, 0.2) is 11.2 Å². The molecule has 0 aliphatic rings. The summed E-state index contributed by atoms with van der Waals surface area (Å²) < 4.78 is 3.63. The van der Waals surface area contributed by atoms with Crippen LogP contribution in [-0.2, 0) is 6.54 Å². The second-order valence-corrected chi connectivity index (χ2v) is 4.61. The van der Waals surface area contributed by atoms with Gasteiger partial charge in [0, 0.05) is 18.9 Å². The maximum Gasteiger partial charge on any atom is 0.278 e. The summed E-state index contributed by atoms with van der Waals surface area (Å²) in [7, 11) is 0. The highest BCUT2D eigenvalue weighted by Gasteiger charge is 2.11. The minimum Gasteiger partial charge on any atom is -0.320 e. The van der Waals surface area contributed by atoms with Crippen LogP contribution in [0, 0.1) is 0 Å². The van der Waals surface area contributed by atoms with Crippen LogP contribution >= 0.6 is 0 Å². The van der Waals surface area contributed by atoms with Crippen molar-refractivity contribution in [2.75, 3.05) is 0 Å². The number of fused-ring (bicyclic) bond motifs is 3. The molecule has 1 aromatic carbocycles. The molecule has 1 N–H and O–H groups in total. The smallest absolute Gasteiger partial charge is 0.278 e. The van der Waals surface area contributed by atoms with E-state index in [1.165, 1.54) is 0 Å². The van der Waals surface area contributed by atoms with Crippen molar-refractivity contribution in [3.05, 3.63) is 65.0 Å². The summed E-state index contributed by atoms with van der Waals surface area (Å²) in [5.41, 5.74) is 2.13. The molecule has 0 aliphatic carbocycles. The van der Waals surface area contributed by atoms with E-state index < -0.39 is 0 Å². The number of nitrogens with zero attached hydrogens (tertiary/aromatic N) is 4. The van der Waals surface area contributed by atoms with Crippen LogP contribution in [0.1, 0.15) is 5.56 Å². The minimum absolute atomic E-state index is 0.174. The van der Waals surface area contributed by atoms with Crippen LogP contribution in [0.25, 0.3) is 16.9 Å². The quantitative estimate of drug-likeness (QED) is 0.596. The average molecular weight is 265 g/mol. The fourth-order valence-corrected chi connectivity index (χ4v) is 2.41. The molecule has 3 heterocycles. The van der Waals surface area contributed by atoms with Gasteiger partial charge >= 0.3 is 0 Å². The van der Waals surface area contributed by atoms with Crippen LogP contribution in [-0.4, -0.2) is 23.9 Å². The number of hydrogen-bond acceptors (Lipinski definition) is 3. The Kier molecular flexibility index (Phi) is 2.23. The highest BCUT2D eigenvalue weighted by Crippen LogP contribution is 2.11. The summed E-state index contributed by atoms with van der Waals surface area (Å²) in [4.78, 5) is 23.4. The summed E-state index contributed by atoms with van der Waals surface area (Å²) in [6.45, 7) is 0.612. The van der Waals surface area contributed by atoms with Crippen molar-refractivity contribution < 1.29 is 0 Å². The Morgan fingerprint density at radius 3 is 2.85 bits per heavy atom. The van der Waals surface area contributed by atoms with E-state index in [1.807, 2.05) is 34.9 Å². The van der Waals surface area contributed by atoms with Gasteiger partial charge in [-0.15, -0.1) is 0 Å². The summed E-state index contributed by atoms with van der Waals surface area (Å²) in [6.07, 6.45) is 5.11. The Hall–Kier alpha value is -2.89. The van der Waals surface area contributed by atoms with Crippen LogP contribution < -0.4 is 5.56 Å². The predicted molar refractivity (Wildman–Crippen MR) is 74.6 cm³/mol. The van der Waals surface area contributed by atoms with E-state index in [4.69, 9.17) is 0 Å². The first kappa shape index (κ1) is 11.0. The first-order chi connectivity index (χ1) is 9.83. The van der Waals surface area contributed by atoms with Gasteiger partial charge in [-0.3, -0.25) is 14.2 Å². The molecule has 0 bridgehead atoms. The van der Waals surface area contributed by atoms with E-state index in [2.05, 4.69) is 15.0 Å². The monoisotopic (exact) mass is 265 g/mol. The normalized spacial score (nSPS) is 11.4. The lowest BCUT2D eigenvalue weighted by Crippen LogP contribution is -2.13. The van der Waals surface area contributed by atoms with E-state index in [0.29, 0.717) is 23.5 Å². The van der Waals surface area contributed by atoms with E-state index in [9.17, 15) is 4.79 Å². The third-order valence-corrected chi connectivity index (χ3v) is 3.32. The third-order valence-electron chi connectivity index (χ3n) is 3.32. The topological polar surface area (TPSA) is 68.0 Å². The van der Waals surface area contributed by atoms with E-state index in [1.54, 1.807) is 23.1 Å². The molecular formula is C14H11N5O. The van der Waals surface area contributed by atoms with Gasteiger partial charge in [-0.25, -0.2) is 9.97 Å². The molecule has 0 saturated heterocycles. The second kappa shape index (κ2) is 4.06. The second-order valence-electron chi connectivity index (χ2n) is 4.61. The summed E-state index contributed by atoms with van der Waals surface area (Å²) in [6, 6.07) is 9.97. The van der Waals surface area contributed by atoms with Crippen molar-refractivity contribution in [3.8, 4) is 0 Å². The molecule has 4 rings (SSSR count). The summed E-state index contributed by atoms with van der Waals surface area (Å²) >= 11 is 0. The Morgan fingerprint density at radius 2 is 2.00 bits per heavy atom. The van der Waals surface area contributed by atoms with Crippen LogP contribution in [0.5, 0.6) is 0 Å². The zero-order valence-corrected chi connectivity index (χ0v) is 10.5. The van der Waals surface area contributed by atoms with Gasteiger partial charge in [-0.2, -0.15) is 0 Å². The van der Waals surface area contributed by atoms with Crippen molar-refractivity contribution in [1.82, 2.24) is 23.9 Å². The zero-order valence-electron chi connectivity index (χ0n) is 10.5. The number of aromatic nitrogens is 5. The van der Waals surface area contributed by atoms with Crippen LogP contribution in [0.4, 0.5) is 0 Å². The largest absolute Gasteiger partial charge is 0.320 e. The molecule has 0 saturated carbocycles. The maximum absolute atomic E-state index is 12.2. The third kappa shape index (κ3) is 1.55. The van der Waals surface area contributed by atoms with Gasteiger partial charge in [0.1, 0.15) is 0 Å². The molecular weight excluding hydrogens is 254 g/mol. The van der Waals surface area contributed by atoms with Crippen LogP contribution in [0.3, 0.4) is 0 Å². The molecule has 0 aliphatic heterocycles. The van der Waals surface area contributed by atoms with Crippen molar-refractivity contribution in [2.45, 2.75) is 6.54 Å². The molecule has 0 unspecified atom stereocenters. The maximum atomic E-state index is 12.2. The van der Waals surface area contributed by atoms with E-state index >= 15 is 0 Å². The molecule has 98 valence electrons. The van der Waals surface area contributed by atoms with Crippen molar-refractivity contribution in [1.29, 1.82) is 0 Å². The summed E-state index contributed by atoms with van der Waals surface area (Å²) in [5, 5.41) is 0. The van der Waals surface area contributed by atoms with Crippen LogP contribution in [0.2, 0.25) is 0 Å². The number of hydrogen-bond donors (Lipinski definition) is 1. The number of aromatic amines is 1. The highest BCUT2D eigenvalue weighted by atomic mass is 16.1. The molecule has 4 aromatic rings.